The Bertz CT molecular complexity index is 684. The van der Waals surface area contributed by atoms with Crippen molar-refractivity contribution < 1.29 is 17.6 Å². The van der Waals surface area contributed by atoms with Crippen molar-refractivity contribution in [2.45, 2.75) is 18.9 Å². The third-order valence-corrected chi connectivity index (χ3v) is 6.44. The number of sulfone groups is 1. The number of benzene rings is 1. The maximum atomic E-state index is 13.6. The molecule has 1 atom stereocenters. The van der Waals surface area contributed by atoms with E-state index < -0.39 is 9.84 Å². The van der Waals surface area contributed by atoms with Gasteiger partial charge in [-0.05, 0) is 18.1 Å². The average molecular weight is 340 g/mol. The molecule has 0 unspecified atom stereocenters. The predicted molar refractivity (Wildman–Crippen MR) is 85.3 cm³/mol. The maximum Gasteiger partial charge on any atom is 0.227 e. The van der Waals surface area contributed by atoms with Gasteiger partial charge in [-0.15, -0.1) is 0 Å². The van der Waals surface area contributed by atoms with Crippen LogP contribution in [0.25, 0.3) is 0 Å². The minimum absolute atomic E-state index is 0.0739. The highest BCUT2D eigenvalue weighted by Crippen LogP contribution is 2.19. The third kappa shape index (κ3) is 3.90. The molecule has 0 aliphatic carbocycles. The van der Waals surface area contributed by atoms with Gasteiger partial charge in [0.2, 0.25) is 5.91 Å². The van der Waals surface area contributed by atoms with E-state index in [1.807, 2.05) is 0 Å². The Morgan fingerprint density at radius 3 is 2.48 bits per heavy atom. The molecule has 0 spiro atoms. The molecule has 126 valence electrons. The summed E-state index contributed by atoms with van der Waals surface area (Å²) in [5, 5.41) is 0. The zero-order valence-electron chi connectivity index (χ0n) is 12.9. The second-order valence-electron chi connectivity index (χ2n) is 6.24. The van der Waals surface area contributed by atoms with E-state index in [0.717, 1.165) is 0 Å². The Morgan fingerprint density at radius 2 is 1.87 bits per heavy atom. The maximum absolute atomic E-state index is 13.6. The molecule has 23 heavy (non-hydrogen) atoms. The van der Waals surface area contributed by atoms with Crippen molar-refractivity contribution >= 4 is 15.7 Å². The summed E-state index contributed by atoms with van der Waals surface area (Å²) < 4.78 is 36.7. The van der Waals surface area contributed by atoms with Gasteiger partial charge < -0.3 is 4.90 Å². The predicted octanol–water partition coefficient (Wildman–Crippen LogP) is 0.700. The minimum Gasteiger partial charge on any atom is -0.340 e. The van der Waals surface area contributed by atoms with Crippen molar-refractivity contribution in [1.82, 2.24) is 9.80 Å². The van der Waals surface area contributed by atoms with E-state index in [1.165, 1.54) is 6.07 Å². The van der Waals surface area contributed by atoms with Crippen molar-refractivity contribution in [3.8, 4) is 0 Å². The van der Waals surface area contributed by atoms with E-state index in [0.29, 0.717) is 38.2 Å². The van der Waals surface area contributed by atoms with Crippen molar-refractivity contribution in [3.05, 3.63) is 35.6 Å². The summed E-state index contributed by atoms with van der Waals surface area (Å²) in [7, 11) is -2.88. The van der Waals surface area contributed by atoms with Gasteiger partial charge in [-0.25, -0.2) is 12.8 Å². The Hall–Kier alpha value is -1.47. The minimum atomic E-state index is -2.88. The summed E-state index contributed by atoms with van der Waals surface area (Å²) >= 11 is 0. The van der Waals surface area contributed by atoms with Crippen LogP contribution in [0.4, 0.5) is 4.39 Å². The van der Waals surface area contributed by atoms with Gasteiger partial charge in [-0.3, -0.25) is 9.69 Å². The Kier molecular flexibility index (Phi) is 4.68. The number of carbonyl (C=O) groups is 1. The molecule has 5 nitrogen and oxygen atoms in total. The number of piperazine rings is 1. The second kappa shape index (κ2) is 6.57. The Balaban J connectivity index is 1.53. The monoisotopic (exact) mass is 340 g/mol. The fourth-order valence-corrected chi connectivity index (χ4v) is 5.08. The van der Waals surface area contributed by atoms with Crippen LogP contribution in [0.5, 0.6) is 0 Å². The molecule has 0 radical (unpaired) electrons. The molecule has 0 N–H and O–H groups in total. The van der Waals surface area contributed by atoms with Crippen molar-refractivity contribution in [1.29, 1.82) is 0 Å². The highest BCUT2D eigenvalue weighted by molar-refractivity contribution is 7.91. The molecule has 0 bridgehead atoms. The molecule has 2 heterocycles. The highest BCUT2D eigenvalue weighted by Gasteiger charge is 2.34. The fourth-order valence-electron chi connectivity index (χ4n) is 3.32. The number of hydrogen-bond donors (Lipinski definition) is 0. The highest BCUT2D eigenvalue weighted by atomic mass is 32.2. The third-order valence-electron chi connectivity index (χ3n) is 4.69. The zero-order valence-corrected chi connectivity index (χ0v) is 13.8. The molecule has 0 aromatic heterocycles. The molecule has 2 aliphatic heterocycles. The summed E-state index contributed by atoms with van der Waals surface area (Å²) in [5.74, 6) is 0.0738. The Labute approximate surface area is 136 Å². The quantitative estimate of drug-likeness (QED) is 0.813. The number of rotatable bonds is 3. The topological polar surface area (TPSA) is 57.7 Å². The molecule has 7 heteroatoms. The van der Waals surface area contributed by atoms with E-state index in [4.69, 9.17) is 0 Å². The molecule has 0 saturated carbocycles. The van der Waals surface area contributed by atoms with E-state index in [9.17, 15) is 17.6 Å². The van der Waals surface area contributed by atoms with Crippen LogP contribution < -0.4 is 0 Å². The second-order valence-corrected chi connectivity index (χ2v) is 8.47. The average Bonchev–Trinajstić information content (AvgIpc) is 2.90. The zero-order chi connectivity index (χ0) is 16.4. The summed E-state index contributed by atoms with van der Waals surface area (Å²) in [6, 6.07) is 6.42. The van der Waals surface area contributed by atoms with Crippen LogP contribution in [0.3, 0.4) is 0 Å². The lowest BCUT2D eigenvalue weighted by atomic mass is 10.1. The normalized spacial score (nSPS) is 24.7. The summed E-state index contributed by atoms with van der Waals surface area (Å²) in [4.78, 5) is 16.2. The lowest BCUT2D eigenvalue weighted by molar-refractivity contribution is -0.132. The molecule has 2 saturated heterocycles. The van der Waals surface area contributed by atoms with Crippen molar-refractivity contribution in [2.75, 3.05) is 37.7 Å². The van der Waals surface area contributed by atoms with E-state index in [-0.39, 0.29) is 35.7 Å². The molecule has 1 aromatic rings. The lowest BCUT2D eigenvalue weighted by Crippen LogP contribution is -2.52. The standard InChI is InChI=1S/C16H21FN2O3S/c17-15-4-2-1-3-13(15)11-16(20)19-8-6-18(7-9-19)14-5-10-23(21,22)12-14/h1-4,14H,5-12H2/t14-/m1/s1. The number of hydrogen-bond acceptors (Lipinski definition) is 4. The molecule has 1 aromatic carbocycles. The van der Waals surface area contributed by atoms with Gasteiger partial charge in [-0.1, -0.05) is 18.2 Å². The number of nitrogens with zero attached hydrogens (tertiary/aromatic N) is 2. The summed E-state index contributed by atoms with van der Waals surface area (Å²) in [6.07, 6.45) is 0.760. The molecular formula is C16H21FN2O3S. The van der Waals surface area contributed by atoms with E-state index in [2.05, 4.69) is 4.90 Å². The van der Waals surface area contributed by atoms with Crippen LogP contribution in [0.1, 0.15) is 12.0 Å². The first kappa shape index (κ1) is 16.4. The Morgan fingerprint density at radius 1 is 1.17 bits per heavy atom. The van der Waals surface area contributed by atoms with E-state index >= 15 is 0 Å². The van der Waals surface area contributed by atoms with Gasteiger partial charge >= 0.3 is 0 Å². The SMILES string of the molecule is O=C(Cc1ccccc1F)N1CCN([C@@H]2CCS(=O)(=O)C2)CC1. The molecule has 2 aliphatic rings. The van der Waals surface area contributed by atoms with Crippen LogP contribution in [0.2, 0.25) is 0 Å². The van der Waals surface area contributed by atoms with Crippen molar-refractivity contribution in [2.24, 2.45) is 0 Å². The van der Waals surface area contributed by atoms with Gasteiger partial charge in [0.1, 0.15) is 5.82 Å². The van der Waals surface area contributed by atoms with Crippen LogP contribution >= 0.6 is 0 Å². The number of halogens is 1. The molecule has 3 rings (SSSR count). The van der Waals surface area contributed by atoms with Gasteiger partial charge in [0.15, 0.2) is 9.84 Å². The van der Waals surface area contributed by atoms with Gasteiger partial charge in [0, 0.05) is 32.2 Å². The first-order chi connectivity index (χ1) is 10.9. The number of carbonyl (C=O) groups excluding carboxylic acids is 1. The molecule has 2 fully saturated rings. The summed E-state index contributed by atoms with van der Waals surface area (Å²) in [5.41, 5.74) is 0.418. The van der Waals surface area contributed by atoms with Crippen LogP contribution in [0.15, 0.2) is 24.3 Å². The van der Waals surface area contributed by atoms with Gasteiger partial charge in [0.05, 0.1) is 17.9 Å². The van der Waals surface area contributed by atoms with E-state index in [1.54, 1.807) is 23.1 Å². The lowest BCUT2D eigenvalue weighted by Gasteiger charge is -2.37. The van der Waals surface area contributed by atoms with Crippen LogP contribution in [-0.2, 0) is 21.1 Å². The fraction of sp³-hybridized carbons (Fsp3) is 0.562. The van der Waals surface area contributed by atoms with Crippen LogP contribution in [-0.4, -0.2) is 67.9 Å². The first-order valence-electron chi connectivity index (χ1n) is 7.90. The van der Waals surface area contributed by atoms with Crippen molar-refractivity contribution in [3.63, 3.8) is 0 Å². The largest absolute Gasteiger partial charge is 0.340 e. The number of amides is 1. The van der Waals surface area contributed by atoms with Gasteiger partial charge in [-0.2, -0.15) is 0 Å². The van der Waals surface area contributed by atoms with Gasteiger partial charge in [0.25, 0.3) is 0 Å². The van der Waals surface area contributed by atoms with Crippen LogP contribution in [0, 0.1) is 5.82 Å². The molecule has 1 amide bonds. The smallest absolute Gasteiger partial charge is 0.227 e. The summed E-state index contributed by atoms with van der Waals surface area (Å²) in [6.45, 7) is 2.51. The first-order valence-corrected chi connectivity index (χ1v) is 9.72. The molecular weight excluding hydrogens is 319 g/mol.